The summed E-state index contributed by atoms with van der Waals surface area (Å²) in [4.78, 5) is 18.5. The Hall–Kier alpha value is -2.05. The molecule has 0 saturated heterocycles. The second-order valence-electron chi connectivity index (χ2n) is 6.06. The molecule has 2 aromatic carbocycles. The Kier molecular flexibility index (Phi) is 5.13. The van der Waals surface area contributed by atoms with Crippen LogP contribution in [0.15, 0.2) is 69.4 Å². The van der Waals surface area contributed by atoms with E-state index in [0.717, 1.165) is 33.9 Å². The molecule has 0 spiro atoms. The van der Waals surface area contributed by atoms with Crippen LogP contribution < -0.4 is 5.56 Å². The highest BCUT2D eigenvalue weighted by Gasteiger charge is 2.21. The van der Waals surface area contributed by atoms with Gasteiger partial charge in [-0.1, -0.05) is 54.2 Å². The number of halogens is 1. The molecule has 2 heterocycles. The third-order valence-corrected chi connectivity index (χ3v) is 6.34. The molecule has 0 saturated carbocycles. The van der Waals surface area contributed by atoms with Gasteiger partial charge in [-0.05, 0) is 23.3 Å². The van der Waals surface area contributed by atoms with E-state index in [0.29, 0.717) is 17.5 Å². The van der Waals surface area contributed by atoms with Crippen molar-refractivity contribution in [2.24, 2.45) is 0 Å². The average Bonchev–Trinajstić information content (AvgIpc) is 3.12. The van der Waals surface area contributed by atoms with E-state index >= 15 is 0 Å². The van der Waals surface area contributed by atoms with Crippen molar-refractivity contribution >= 4 is 23.5 Å². The van der Waals surface area contributed by atoms with Crippen LogP contribution in [0.25, 0.3) is 0 Å². The lowest BCUT2D eigenvalue weighted by atomic mass is 10.2. The van der Waals surface area contributed by atoms with Crippen LogP contribution in [-0.2, 0) is 18.7 Å². The Bertz CT molecular complexity index is 989. The monoisotopic (exact) mass is 384 g/mol. The highest BCUT2D eigenvalue weighted by molar-refractivity contribution is 7.99. The van der Waals surface area contributed by atoms with E-state index in [-0.39, 0.29) is 11.4 Å². The predicted octanol–water partition coefficient (Wildman–Crippen LogP) is 4.37. The SMILES string of the molecule is O=c1c2c(nc(SCc3cccc(F)c3)n1Cc1ccccc1)CCS2. The van der Waals surface area contributed by atoms with Crippen LogP contribution in [0, 0.1) is 5.82 Å². The molecule has 0 unspecified atom stereocenters. The van der Waals surface area contributed by atoms with Crippen molar-refractivity contribution in [1.29, 1.82) is 0 Å². The molecule has 0 atom stereocenters. The second-order valence-corrected chi connectivity index (χ2v) is 8.11. The Morgan fingerprint density at radius 2 is 1.92 bits per heavy atom. The van der Waals surface area contributed by atoms with Gasteiger partial charge in [0.25, 0.3) is 5.56 Å². The van der Waals surface area contributed by atoms with Crippen LogP contribution in [0.1, 0.15) is 16.8 Å². The van der Waals surface area contributed by atoms with Crippen molar-refractivity contribution in [2.45, 2.75) is 28.8 Å². The Balaban J connectivity index is 1.68. The van der Waals surface area contributed by atoms with Gasteiger partial charge in [-0.2, -0.15) is 0 Å². The van der Waals surface area contributed by atoms with Gasteiger partial charge in [-0.15, -0.1) is 11.8 Å². The number of rotatable bonds is 5. The smallest absolute Gasteiger partial charge is 0.268 e. The number of hydrogen-bond acceptors (Lipinski definition) is 4. The van der Waals surface area contributed by atoms with Gasteiger partial charge in [0.1, 0.15) is 5.82 Å². The standard InChI is InChI=1S/C20H17FN2OS2/c21-16-8-4-7-15(11-16)13-26-20-22-17-9-10-25-18(17)19(24)23(20)12-14-5-2-1-3-6-14/h1-8,11H,9-10,12-13H2. The summed E-state index contributed by atoms with van der Waals surface area (Å²) < 4.78 is 15.2. The fraction of sp³-hybridized carbons (Fsp3) is 0.200. The summed E-state index contributed by atoms with van der Waals surface area (Å²) >= 11 is 3.07. The van der Waals surface area contributed by atoms with Gasteiger partial charge >= 0.3 is 0 Å². The normalized spacial score (nSPS) is 13.0. The van der Waals surface area contributed by atoms with Crippen LogP contribution in [0.2, 0.25) is 0 Å². The first-order valence-corrected chi connectivity index (χ1v) is 10.4. The van der Waals surface area contributed by atoms with Crippen molar-refractivity contribution in [3.8, 4) is 0 Å². The predicted molar refractivity (Wildman–Crippen MR) is 104 cm³/mol. The summed E-state index contributed by atoms with van der Waals surface area (Å²) in [5, 5.41) is 0.698. The molecule has 0 aliphatic carbocycles. The van der Waals surface area contributed by atoms with E-state index in [1.807, 2.05) is 36.4 Å². The fourth-order valence-electron chi connectivity index (χ4n) is 2.91. The van der Waals surface area contributed by atoms with Crippen molar-refractivity contribution in [3.63, 3.8) is 0 Å². The zero-order valence-corrected chi connectivity index (χ0v) is 15.7. The minimum absolute atomic E-state index is 0.0306. The maximum absolute atomic E-state index is 13.4. The number of thioether (sulfide) groups is 2. The summed E-state index contributed by atoms with van der Waals surface area (Å²) in [6.45, 7) is 0.492. The molecule has 4 rings (SSSR count). The first-order chi connectivity index (χ1) is 12.7. The number of benzene rings is 2. The molecule has 1 aliphatic heterocycles. The highest BCUT2D eigenvalue weighted by atomic mass is 32.2. The summed E-state index contributed by atoms with van der Waals surface area (Å²) in [7, 11) is 0. The van der Waals surface area contributed by atoms with Gasteiger partial charge in [0, 0.05) is 17.9 Å². The molecule has 0 radical (unpaired) electrons. The van der Waals surface area contributed by atoms with Crippen LogP contribution in [0.4, 0.5) is 4.39 Å². The van der Waals surface area contributed by atoms with E-state index in [4.69, 9.17) is 4.98 Å². The van der Waals surface area contributed by atoms with Gasteiger partial charge in [0.2, 0.25) is 0 Å². The number of nitrogens with zero attached hydrogens (tertiary/aromatic N) is 2. The quantitative estimate of drug-likeness (QED) is 0.483. The minimum Gasteiger partial charge on any atom is -0.282 e. The van der Waals surface area contributed by atoms with Crippen molar-refractivity contribution in [2.75, 3.05) is 5.75 Å². The number of aryl methyl sites for hydroxylation is 1. The van der Waals surface area contributed by atoms with Crippen LogP contribution in [0.5, 0.6) is 0 Å². The maximum Gasteiger partial charge on any atom is 0.268 e. The van der Waals surface area contributed by atoms with Crippen molar-refractivity contribution < 1.29 is 4.39 Å². The number of aromatic nitrogens is 2. The van der Waals surface area contributed by atoms with E-state index in [1.165, 1.54) is 23.9 Å². The van der Waals surface area contributed by atoms with Gasteiger partial charge in [-0.25, -0.2) is 9.37 Å². The second kappa shape index (κ2) is 7.68. The lowest BCUT2D eigenvalue weighted by Crippen LogP contribution is -2.25. The van der Waals surface area contributed by atoms with E-state index in [2.05, 4.69) is 0 Å². The molecule has 6 heteroatoms. The van der Waals surface area contributed by atoms with Crippen LogP contribution in [0.3, 0.4) is 0 Å². The average molecular weight is 385 g/mol. The topological polar surface area (TPSA) is 34.9 Å². The first-order valence-electron chi connectivity index (χ1n) is 8.38. The number of fused-ring (bicyclic) bond motifs is 1. The number of hydrogen-bond donors (Lipinski definition) is 0. The zero-order chi connectivity index (χ0) is 17.9. The Morgan fingerprint density at radius 1 is 1.12 bits per heavy atom. The third-order valence-electron chi connectivity index (χ3n) is 4.19. The molecule has 3 aromatic rings. The molecule has 1 aliphatic rings. The van der Waals surface area contributed by atoms with Crippen molar-refractivity contribution in [1.82, 2.24) is 9.55 Å². The molecule has 0 N–H and O–H groups in total. The van der Waals surface area contributed by atoms with Gasteiger partial charge in [0.15, 0.2) is 5.16 Å². The zero-order valence-electron chi connectivity index (χ0n) is 14.0. The Labute approximate surface area is 159 Å². The summed E-state index contributed by atoms with van der Waals surface area (Å²) in [6.07, 6.45) is 0.828. The Morgan fingerprint density at radius 3 is 2.73 bits per heavy atom. The maximum atomic E-state index is 13.4. The fourth-order valence-corrected chi connectivity index (χ4v) is 4.91. The molecule has 0 bridgehead atoms. The minimum atomic E-state index is -0.247. The first kappa shape index (κ1) is 17.4. The van der Waals surface area contributed by atoms with Gasteiger partial charge < -0.3 is 0 Å². The molecule has 0 amide bonds. The molecular weight excluding hydrogens is 367 g/mol. The lowest BCUT2D eigenvalue weighted by Gasteiger charge is -2.14. The van der Waals surface area contributed by atoms with E-state index in [1.54, 1.807) is 22.4 Å². The van der Waals surface area contributed by atoms with Gasteiger partial charge in [0.05, 0.1) is 17.1 Å². The third kappa shape index (κ3) is 3.71. The molecule has 0 fully saturated rings. The molecule has 1 aromatic heterocycles. The van der Waals surface area contributed by atoms with Crippen LogP contribution >= 0.6 is 23.5 Å². The van der Waals surface area contributed by atoms with Crippen LogP contribution in [-0.4, -0.2) is 15.3 Å². The summed E-state index contributed by atoms with van der Waals surface area (Å²) in [6, 6.07) is 16.5. The molecule has 3 nitrogen and oxygen atoms in total. The molecular formula is C20H17FN2OS2. The summed E-state index contributed by atoms with van der Waals surface area (Å²) in [5.74, 6) is 1.23. The van der Waals surface area contributed by atoms with Crippen molar-refractivity contribution in [3.05, 3.63) is 87.6 Å². The largest absolute Gasteiger partial charge is 0.282 e. The van der Waals surface area contributed by atoms with Gasteiger partial charge in [-0.3, -0.25) is 9.36 Å². The molecule has 132 valence electrons. The highest BCUT2D eigenvalue weighted by Crippen LogP contribution is 2.30. The summed E-state index contributed by atoms with van der Waals surface area (Å²) in [5.41, 5.74) is 2.87. The van der Waals surface area contributed by atoms with E-state index < -0.39 is 0 Å². The lowest BCUT2D eigenvalue weighted by molar-refractivity contribution is 0.616. The molecule has 26 heavy (non-hydrogen) atoms. The van der Waals surface area contributed by atoms with E-state index in [9.17, 15) is 9.18 Å².